The highest BCUT2D eigenvalue weighted by Crippen LogP contribution is 2.57. The van der Waals surface area contributed by atoms with E-state index in [-0.39, 0.29) is 18.2 Å². The summed E-state index contributed by atoms with van der Waals surface area (Å²) >= 11 is 0. The average molecular weight is 610 g/mol. The van der Waals surface area contributed by atoms with Crippen LogP contribution in [0.25, 0.3) is 0 Å². The van der Waals surface area contributed by atoms with Gasteiger partial charge >= 0.3 is 48.2 Å². The summed E-state index contributed by atoms with van der Waals surface area (Å²) in [5.41, 5.74) is -20.1. The molecule has 1 aromatic rings. The Labute approximate surface area is 218 Å². The van der Waals surface area contributed by atoms with Gasteiger partial charge in [-0.1, -0.05) is 18.2 Å². The molecule has 0 atom stereocenters. The van der Waals surface area contributed by atoms with Crippen molar-refractivity contribution in [3.63, 3.8) is 0 Å². The van der Waals surface area contributed by atoms with Gasteiger partial charge in [-0.2, -0.15) is 52.7 Å². The van der Waals surface area contributed by atoms with Crippen LogP contribution in [0.3, 0.4) is 0 Å². The molecule has 0 saturated carbocycles. The average Bonchev–Trinajstić information content (AvgIpc) is 2.63. The maximum Gasteiger partial charge on any atom is 0.510 e. The lowest BCUT2D eigenvalue weighted by Crippen LogP contribution is -2.59. The second kappa shape index (κ2) is 10.4. The molecule has 0 aliphatic heterocycles. The maximum absolute atomic E-state index is 14.0. The van der Waals surface area contributed by atoms with Crippen molar-refractivity contribution in [1.29, 1.82) is 0 Å². The third kappa shape index (κ3) is 7.16. The van der Waals surface area contributed by atoms with Crippen molar-refractivity contribution in [2.24, 2.45) is 0 Å². The predicted molar refractivity (Wildman–Crippen MR) is 109 cm³/mol. The van der Waals surface area contributed by atoms with Crippen molar-refractivity contribution < 1.29 is 81.2 Å². The largest absolute Gasteiger partial charge is 0.510 e. The molecule has 6 nitrogen and oxygen atoms in total. The number of rotatable bonds is 4. The quantitative estimate of drug-likeness (QED) is 0.253. The van der Waals surface area contributed by atoms with Crippen LogP contribution in [0.1, 0.15) is 52.7 Å². The standard InChI is InChI=1S/C22H22F12O6/c1-15(2,3)37-13(35)39-17(19(23,24)25,20(26,27)28)11-8-7-9-12(10-11)18(21(29,30)31,22(32,33)34)40-14(36)38-16(4,5)6/h7-10H,1-6H3. The van der Waals surface area contributed by atoms with Crippen LogP contribution in [0, 0.1) is 0 Å². The van der Waals surface area contributed by atoms with Gasteiger partial charge in [-0.15, -0.1) is 0 Å². The number of carbonyl (C=O) groups is 2. The number of ether oxygens (including phenoxy) is 4. The van der Waals surface area contributed by atoms with E-state index in [4.69, 9.17) is 0 Å². The van der Waals surface area contributed by atoms with E-state index in [1.54, 1.807) is 0 Å². The van der Waals surface area contributed by atoms with Gasteiger partial charge in [0.05, 0.1) is 0 Å². The molecule has 0 aliphatic rings. The van der Waals surface area contributed by atoms with Gasteiger partial charge < -0.3 is 18.9 Å². The van der Waals surface area contributed by atoms with Crippen LogP contribution in [0.2, 0.25) is 0 Å². The summed E-state index contributed by atoms with van der Waals surface area (Å²) < 4.78 is 184. The monoisotopic (exact) mass is 610 g/mol. The normalized spacial score (nSPS) is 14.4. The minimum absolute atomic E-state index is 0.0555. The maximum atomic E-state index is 14.0. The Balaban J connectivity index is 4.13. The summed E-state index contributed by atoms with van der Waals surface area (Å²) in [6.45, 7) is 6.04. The fraction of sp³-hybridized carbons (Fsp3) is 0.636. The molecule has 0 heterocycles. The van der Waals surface area contributed by atoms with Crippen LogP contribution in [0.4, 0.5) is 62.3 Å². The summed E-state index contributed by atoms with van der Waals surface area (Å²) in [6, 6.07) is -1.30. The van der Waals surface area contributed by atoms with Crippen molar-refractivity contribution in [2.75, 3.05) is 0 Å². The van der Waals surface area contributed by atoms with Crippen LogP contribution in [-0.4, -0.2) is 48.2 Å². The van der Waals surface area contributed by atoms with Crippen molar-refractivity contribution in [3.05, 3.63) is 35.4 Å². The molecule has 1 rings (SSSR count). The lowest BCUT2D eigenvalue weighted by Gasteiger charge is -2.39. The minimum Gasteiger partial charge on any atom is -0.429 e. The van der Waals surface area contributed by atoms with Crippen LogP contribution in [-0.2, 0) is 30.1 Å². The first kappa shape index (κ1) is 34.9. The minimum atomic E-state index is -6.73. The molecule has 0 unspecified atom stereocenters. The Hall–Kier alpha value is -3.08. The molecule has 0 saturated heterocycles. The molecule has 230 valence electrons. The van der Waals surface area contributed by atoms with E-state index in [1.165, 1.54) is 0 Å². The third-order valence-electron chi connectivity index (χ3n) is 4.52. The number of hydrogen-bond acceptors (Lipinski definition) is 6. The second-order valence-corrected chi connectivity index (χ2v) is 10.1. The summed E-state index contributed by atoms with van der Waals surface area (Å²) in [6.07, 6.45) is -32.2. The first-order valence-electron chi connectivity index (χ1n) is 10.6. The molecule has 0 spiro atoms. The van der Waals surface area contributed by atoms with E-state index in [0.717, 1.165) is 41.5 Å². The summed E-state index contributed by atoms with van der Waals surface area (Å²) in [4.78, 5) is 23.9. The first-order valence-corrected chi connectivity index (χ1v) is 10.6. The van der Waals surface area contributed by atoms with Crippen LogP contribution < -0.4 is 0 Å². The van der Waals surface area contributed by atoms with Crippen LogP contribution in [0.15, 0.2) is 24.3 Å². The molecule has 0 N–H and O–H groups in total. The molecular formula is C22H22F12O6. The molecule has 0 aromatic heterocycles. The summed E-state index contributed by atoms with van der Waals surface area (Å²) in [5.74, 6) is 0. The molecule has 0 aliphatic carbocycles. The highest BCUT2D eigenvalue weighted by Gasteiger charge is 2.78. The first-order chi connectivity index (χ1) is 17.4. The molecule has 0 bridgehead atoms. The van der Waals surface area contributed by atoms with Crippen LogP contribution in [0.5, 0.6) is 0 Å². The van der Waals surface area contributed by atoms with Gasteiger partial charge in [-0.25, -0.2) is 9.59 Å². The SMILES string of the molecule is CC(C)(C)OC(=O)OC(c1cccc(C(OC(=O)OC(C)(C)C)(C(F)(F)F)C(F)(F)F)c1)(C(F)(F)F)C(F)(F)F. The molecule has 0 fully saturated rings. The molecule has 1 aromatic carbocycles. The van der Waals surface area contributed by atoms with Gasteiger partial charge in [0.1, 0.15) is 11.2 Å². The summed E-state index contributed by atoms with van der Waals surface area (Å²) in [5, 5.41) is 0. The Kier molecular flexibility index (Phi) is 9.08. The van der Waals surface area contributed by atoms with Gasteiger partial charge in [0.2, 0.25) is 0 Å². The van der Waals surface area contributed by atoms with E-state index in [2.05, 4.69) is 18.9 Å². The molecule has 0 radical (unpaired) electrons. The number of benzene rings is 1. The van der Waals surface area contributed by atoms with E-state index in [1.807, 2.05) is 0 Å². The number of alkyl halides is 12. The van der Waals surface area contributed by atoms with E-state index < -0.39 is 76.6 Å². The smallest absolute Gasteiger partial charge is 0.429 e. The Morgan fingerprint density at radius 3 is 0.950 bits per heavy atom. The highest BCUT2D eigenvalue weighted by molar-refractivity contribution is 5.63. The highest BCUT2D eigenvalue weighted by atomic mass is 19.4. The molecule has 18 heteroatoms. The predicted octanol–water partition coefficient (Wildman–Crippen LogP) is 8.23. The Morgan fingerprint density at radius 2 is 0.750 bits per heavy atom. The number of carbonyl (C=O) groups excluding carboxylic acids is 2. The zero-order valence-corrected chi connectivity index (χ0v) is 21.3. The van der Waals surface area contributed by atoms with Crippen molar-refractivity contribution in [1.82, 2.24) is 0 Å². The molecule has 0 amide bonds. The number of hydrogen-bond donors (Lipinski definition) is 0. The Bertz CT molecular complexity index is 963. The number of halogens is 12. The Morgan fingerprint density at radius 1 is 0.500 bits per heavy atom. The fourth-order valence-electron chi connectivity index (χ4n) is 3.07. The lowest BCUT2D eigenvalue weighted by molar-refractivity contribution is -0.379. The third-order valence-corrected chi connectivity index (χ3v) is 4.52. The topological polar surface area (TPSA) is 71.1 Å². The molecule has 40 heavy (non-hydrogen) atoms. The van der Waals surface area contributed by atoms with Crippen molar-refractivity contribution in [3.8, 4) is 0 Å². The zero-order valence-electron chi connectivity index (χ0n) is 21.3. The van der Waals surface area contributed by atoms with E-state index >= 15 is 0 Å². The van der Waals surface area contributed by atoms with Crippen molar-refractivity contribution >= 4 is 12.3 Å². The van der Waals surface area contributed by atoms with Gasteiger partial charge in [0.25, 0.3) is 0 Å². The lowest BCUT2D eigenvalue weighted by atomic mass is 9.85. The van der Waals surface area contributed by atoms with E-state index in [0.29, 0.717) is 0 Å². The van der Waals surface area contributed by atoms with E-state index in [9.17, 15) is 62.3 Å². The van der Waals surface area contributed by atoms with Gasteiger partial charge in [0.15, 0.2) is 0 Å². The zero-order chi connectivity index (χ0) is 32.0. The molecular weight excluding hydrogens is 588 g/mol. The fourth-order valence-corrected chi connectivity index (χ4v) is 3.07. The van der Waals surface area contributed by atoms with Crippen molar-refractivity contribution in [2.45, 2.75) is 88.7 Å². The van der Waals surface area contributed by atoms with Gasteiger partial charge in [-0.05, 0) is 47.6 Å². The second-order valence-electron chi connectivity index (χ2n) is 10.1. The van der Waals surface area contributed by atoms with Gasteiger partial charge in [-0.3, -0.25) is 0 Å². The van der Waals surface area contributed by atoms with Crippen LogP contribution >= 0.6 is 0 Å². The van der Waals surface area contributed by atoms with Gasteiger partial charge in [0, 0.05) is 11.1 Å². The summed E-state index contributed by atoms with van der Waals surface area (Å²) in [7, 11) is 0.